The maximum atomic E-state index is 14.4. The van der Waals surface area contributed by atoms with Crippen molar-refractivity contribution in [2.45, 2.75) is 69.9 Å². The third-order valence-corrected chi connectivity index (χ3v) is 8.28. The average molecular weight is 629 g/mol. The Morgan fingerprint density at radius 1 is 0.935 bits per heavy atom. The minimum Gasteiger partial charge on any atom is -0.460 e. The van der Waals surface area contributed by atoms with Gasteiger partial charge in [-0.05, 0) is 57.4 Å². The molecule has 9 nitrogen and oxygen atoms in total. The molecule has 1 heterocycles. The van der Waals surface area contributed by atoms with Crippen LogP contribution in [0.2, 0.25) is 0 Å². The molecule has 3 aromatic carbocycles. The van der Waals surface area contributed by atoms with Crippen molar-refractivity contribution in [2.75, 3.05) is 26.7 Å². The lowest BCUT2D eigenvalue weighted by Crippen LogP contribution is -2.56. The predicted octanol–water partition coefficient (Wildman–Crippen LogP) is 4.02. The fraction of sp³-hybridized carbons (Fsp3) is 0.432. The minimum atomic E-state index is -0.779. The Morgan fingerprint density at radius 2 is 1.50 bits per heavy atom. The van der Waals surface area contributed by atoms with E-state index in [9.17, 15) is 14.4 Å². The molecule has 246 valence electrons. The molecule has 1 fully saturated rings. The molecule has 0 spiro atoms. The van der Waals surface area contributed by atoms with Crippen molar-refractivity contribution in [3.8, 4) is 0 Å². The molecular formula is C37H48N4O5. The van der Waals surface area contributed by atoms with Gasteiger partial charge in [0.1, 0.15) is 18.2 Å². The van der Waals surface area contributed by atoms with Gasteiger partial charge >= 0.3 is 11.9 Å². The van der Waals surface area contributed by atoms with Gasteiger partial charge in [-0.3, -0.25) is 14.4 Å². The zero-order valence-corrected chi connectivity index (χ0v) is 27.4. The van der Waals surface area contributed by atoms with Gasteiger partial charge in [-0.1, -0.05) is 91.0 Å². The highest BCUT2D eigenvalue weighted by Gasteiger charge is 2.40. The summed E-state index contributed by atoms with van der Waals surface area (Å²) >= 11 is 0. The molecule has 3 aromatic rings. The summed E-state index contributed by atoms with van der Waals surface area (Å²) in [4.78, 5) is 42.8. The molecule has 0 aromatic heterocycles. The van der Waals surface area contributed by atoms with Crippen molar-refractivity contribution >= 4 is 17.8 Å². The molecule has 2 unspecified atom stereocenters. The molecular weight excluding hydrogens is 580 g/mol. The highest BCUT2D eigenvalue weighted by atomic mass is 16.6. The van der Waals surface area contributed by atoms with Crippen molar-refractivity contribution in [1.82, 2.24) is 15.5 Å². The first-order valence-electron chi connectivity index (χ1n) is 16.0. The van der Waals surface area contributed by atoms with Crippen molar-refractivity contribution in [3.05, 3.63) is 108 Å². The normalized spacial score (nSPS) is 18.5. The topological polar surface area (TPSA) is 123 Å². The maximum absolute atomic E-state index is 14.4. The minimum absolute atomic E-state index is 0.0241. The average Bonchev–Trinajstić information content (AvgIpc) is 3.20. The van der Waals surface area contributed by atoms with Crippen LogP contribution in [0.1, 0.15) is 56.2 Å². The first-order chi connectivity index (χ1) is 22.1. The van der Waals surface area contributed by atoms with Gasteiger partial charge in [-0.25, -0.2) is 0 Å². The third kappa shape index (κ3) is 9.72. The van der Waals surface area contributed by atoms with Crippen LogP contribution in [0.4, 0.5) is 0 Å². The standard InChI is InChI=1S/C37H48N4O5/c1-37(2,3)46-35(43)29(23-38)22-32-34(42)41(24-30(27-16-10-6-11-17-27)28-18-12-7-13-19-28)21-20-31(40-32)33(39-4)36(44)45-25-26-14-8-5-9-15-26/h5-19,29-33,39-40H,20-25,38H2,1-4H3/t29?,31-,32-,33?/m0/s1. The quantitative estimate of drug-likeness (QED) is 0.243. The molecule has 1 saturated heterocycles. The van der Waals surface area contributed by atoms with Crippen LogP contribution in [0, 0.1) is 5.92 Å². The summed E-state index contributed by atoms with van der Waals surface area (Å²) in [6.07, 6.45) is 0.623. The summed E-state index contributed by atoms with van der Waals surface area (Å²) in [5.41, 5.74) is 8.46. The lowest BCUT2D eigenvalue weighted by molar-refractivity contribution is -0.160. The number of hydrogen-bond donors (Lipinski definition) is 3. The van der Waals surface area contributed by atoms with Crippen LogP contribution in [0.3, 0.4) is 0 Å². The van der Waals surface area contributed by atoms with Gasteiger partial charge in [0.2, 0.25) is 5.91 Å². The zero-order chi connectivity index (χ0) is 33.1. The molecule has 0 radical (unpaired) electrons. The molecule has 1 aliphatic rings. The van der Waals surface area contributed by atoms with Crippen LogP contribution in [0.5, 0.6) is 0 Å². The van der Waals surface area contributed by atoms with Gasteiger partial charge in [0.05, 0.1) is 12.0 Å². The van der Waals surface area contributed by atoms with E-state index in [2.05, 4.69) is 34.9 Å². The Hall–Kier alpha value is -4.05. The Labute approximate surface area is 272 Å². The molecule has 0 saturated carbocycles. The Balaban J connectivity index is 1.61. The maximum Gasteiger partial charge on any atom is 0.325 e. The lowest BCUT2D eigenvalue weighted by Gasteiger charge is -2.31. The fourth-order valence-corrected chi connectivity index (χ4v) is 5.91. The molecule has 4 atom stereocenters. The number of benzene rings is 3. The second kappa shape index (κ2) is 16.5. The van der Waals surface area contributed by atoms with E-state index in [0.29, 0.717) is 19.5 Å². The summed E-state index contributed by atoms with van der Waals surface area (Å²) in [5.74, 6) is -1.80. The van der Waals surface area contributed by atoms with E-state index in [1.807, 2.05) is 71.6 Å². The van der Waals surface area contributed by atoms with Gasteiger partial charge in [-0.2, -0.15) is 0 Å². The summed E-state index contributed by atoms with van der Waals surface area (Å²) in [7, 11) is 1.71. The van der Waals surface area contributed by atoms with Gasteiger partial charge in [0.15, 0.2) is 0 Å². The first-order valence-corrected chi connectivity index (χ1v) is 16.0. The second-order valence-corrected chi connectivity index (χ2v) is 12.8. The molecule has 9 heteroatoms. The third-order valence-electron chi connectivity index (χ3n) is 8.28. The molecule has 1 amide bonds. The van der Waals surface area contributed by atoms with Crippen LogP contribution >= 0.6 is 0 Å². The van der Waals surface area contributed by atoms with Crippen LogP contribution in [0.25, 0.3) is 0 Å². The number of hydrogen-bond acceptors (Lipinski definition) is 8. The van der Waals surface area contributed by atoms with Crippen molar-refractivity contribution < 1.29 is 23.9 Å². The lowest BCUT2D eigenvalue weighted by atomic mass is 9.90. The van der Waals surface area contributed by atoms with Gasteiger partial charge in [-0.15, -0.1) is 0 Å². The van der Waals surface area contributed by atoms with Crippen molar-refractivity contribution in [1.29, 1.82) is 0 Å². The number of nitrogens with two attached hydrogens (primary N) is 1. The van der Waals surface area contributed by atoms with E-state index >= 15 is 0 Å². The zero-order valence-electron chi connectivity index (χ0n) is 27.4. The summed E-state index contributed by atoms with van der Waals surface area (Å²) < 4.78 is 11.4. The Morgan fingerprint density at radius 3 is 2.02 bits per heavy atom. The van der Waals surface area contributed by atoms with E-state index in [0.717, 1.165) is 16.7 Å². The van der Waals surface area contributed by atoms with Crippen LogP contribution in [-0.4, -0.2) is 73.2 Å². The smallest absolute Gasteiger partial charge is 0.325 e. The van der Waals surface area contributed by atoms with Crippen molar-refractivity contribution in [3.63, 3.8) is 0 Å². The highest BCUT2D eigenvalue weighted by molar-refractivity contribution is 5.84. The molecule has 46 heavy (non-hydrogen) atoms. The summed E-state index contributed by atoms with van der Waals surface area (Å²) in [6, 6.07) is 27.8. The molecule has 4 N–H and O–H groups in total. The number of rotatable bonds is 13. The number of esters is 2. The number of likely N-dealkylation sites (N-methyl/N-ethyl adjacent to an activating group) is 1. The van der Waals surface area contributed by atoms with E-state index in [4.69, 9.17) is 15.2 Å². The number of carbonyl (C=O) groups is 3. The number of nitrogens with one attached hydrogen (secondary N) is 2. The Bertz CT molecular complexity index is 1360. The number of amides is 1. The highest BCUT2D eigenvalue weighted by Crippen LogP contribution is 2.28. The largest absolute Gasteiger partial charge is 0.460 e. The van der Waals surface area contributed by atoms with E-state index in [1.165, 1.54) is 0 Å². The van der Waals surface area contributed by atoms with Gasteiger partial charge in [0, 0.05) is 31.6 Å². The fourth-order valence-electron chi connectivity index (χ4n) is 5.91. The molecule has 1 aliphatic heterocycles. The van der Waals surface area contributed by atoms with E-state index < -0.39 is 41.6 Å². The monoisotopic (exact) mass is 628 g/mol. The van der Waals surface area contributed by atoms with Crippen molar-refractivity contribution in [2.24, 2.45) is 11.7 Å². The molecule has 4 rings (SSSR count). The second-order valence-electron chi connectivity index (χ2n) is 12.8. The van der Waals surface area contributed by atoms with Crippen LogP contribution in [-0.2, 0) is 30.5 Å². The van der Waals surface area contributed by atoms with Crippen LogP contribution < -0.4 is 16.4 Å². The summed E-state index contributed by atoms with van der Waals surface area (Å²) in [5, 5.41) is 6.56. The number of ether oxygens (including phenoxy) is 2. The van der Waals surface area contributed by atoms with E-state index in [1.54, 1.807) is 27.8 Å². The van der Waals surface area contributed by atoms with E-state index in [-0.39, 0.29) is 31.4 Å². The van der Waals surface area contributed by atoms with Gasteiger partial charge < -0.3 is 30.7 Å². The number of carbonyl (C=O) groups excluding carboxylic acids is 3. The van der Waals surface area contributed by atoms with Gasteiger partial charge in [0.25, 0.3) is 0 Å². The summed E-state index contributed by atoms with van der Waals surface area (Å²) in [6.45, 7) is 6.41. The Kier molecular flexibility index (Phi) is 12.5. The molecule has 0 aliphatic carbocycles. The number of nitrogens with zero attached hydrogens (tertiary/aromatic N) is 1. The SMILES string of the molecule is CNC(C(=O)OCc1ccccc1)[C@@H]1CCN(CC(c2ccccc2)c2ccccc2)C(=O)[C@H](CC(CN)C(=O)OC(C)(C)C)N1. The van der Waals surface area contributed by atoms with Crippen LogP contribution in [0.15, 0.2) is 91.0 Å². The predicted molar refractivity (Wildman–Crippen MR) is 179 cm³/mol. The first kappa shape index (κ1) is 34.8. The molecule has 0 bridgehead atoms.